The fourth-order valence-corrected chi connectivity index (χ4v) is 1.66. The molecule has 1 atom stereocenters. The van der Waals surface area contributed by atoms with Gasteiger partial charge in [-0.25, -0.2) is 0 Å². The third kappa shape index (κ3) is 3.81. The van der Waals surface area contributed by atoms with E-state index in [1.807, 2.05) is 25.1 Å². The van der Waals surface area contributed by atoms with Gasteiger partial charge in [-0.2, -0.15) is 0 Å². The molecule has 1 aromatic carbocycles. The van der Waals surface area contributed by atoms with E-state index in [4.69, 9.17) is 15.2 Å². The van der Waals surface area contributed by atoms with E-state index in [2.05, 4.69) is 15.9 Å². The van der Waals surface area contributed by atoms with Crippen molar-refractivity contribution < 1.29 is 9.47 Å². The summed E-state index contributed by atoms with van der Waals surface area (Å²) in [6.07, 6.45) is 0. The quantitative estimate of drug-likeness (QED) is 0.839. The highest BCUT2D eigenvalue weighted by molar-refractivity contribution is 9.10. The Labute approximate surface area is 98.7 Å². The summed E-state index contributed by atoms with van der Waals surface area (Å²) in [4.78, 5) is 0. The van der Waals surface area contributed by atoms with Crippen molar-refractivity contribution >= 4 is 15.9 Å². The number of halogens is 1. The molecule has 0 saturated carbocycles. The minimum atomic E-state index is 0.0364. The van der Waals surface area contributed by atoms with Gasteiger partial charge in [-0.05, 0) is 40.5 Å². The van der Waals surface area contributed by atoms with Crippen LogP contribution in [0.1, 0.15) is 18.5 Å². The van der Waals surface area contributed by atoms with Crippen LogP contribution in [0.5, 0.6) is 5.75 Å². The van der Waals surface area contributed by atoms with E-state index in [1.165, 1.54) is 0 Å². The van der Waals surface area contributed by atoms with Crippen LogP contribution in [0.4, 0.5) is 0 Å². The molecular weight excluding hydrogens is 258 g/mol. The summed E-state index contributed by atoms with van der Waals surface area (Å²) >= 11 is 3.45. The van der Waals surface area contributed by atoms with Gasteiger partial charge in [0.15, 0.2) is 0 Å². The summed E-state index contributed by atoms with van der Waals surface area (Å²) in [5.74, 6) is 0.816. The molecule has 0 spiro atoms. The van der Waals surface area contributed by atoms with E-state index in [1.54, 1.807) is 7.11 Å². The van der Waals surface area contributed by atoms with Crippen molar-refractivity contribution in [1.82, 2.24) is 0 Å². The first-order valence-corrected chi connectivity index (χ1v) is 5.61. The van der Waals surface area contributed by atoms with Crippen LogP contribution < -0.4 is 10.5 Å². The largest absolute Gasteiger partial charge is 0.490 e. The second kappa shape index (κ2) is 6.10. The van der Waals surface area contributed by atoms with Gasteiger partial charge in [-0.15, -0.1) is 0 Å². The van der Waals surface area contributed by atoms with Gasteiger partial charge in [0.25, 0.3) is 0 Å². The smallest absolute Gasteiger partial charge is 0.133 e. The first-order valence-electron chi connectivity index (χ1n) is 4.82. The van der Waals surface area contributed by atoms with Crippen molar-refractivity contribution in [2.24, 2.45) is 5.73 Å². The van der Waals surface area contributed by atoms with Crippen molar-refractivity contribution in [3.05, 3.63) is 28.2 Å². The van der Waals surface area contributed by atoms with E-state index in [0.717, 1.165) is 15.8 Å². The zero-order valence-electron chi connectivity index (χ0n) is 9.00. The predicted octanol–water partition coefficient (Wildman–Crippen LogP) is 2.49. The maximum atomic E-state index is 5.77. The van der Waals surface area contributed by atoms with Gasteiger partial charge in [-0.1, -0.05) is 6.07 Å². The Morgan fingerprint density at radius 2 is 2.13 bits per heavy atom. The van der Waals surface area contributed by atoms with Gasteiger partial charge in [0.05, 0.1) is 11.1 Å². The number of benzene rings is 1. The minimum Gasteiger partial charge on any atom is -0.490 e. The number of hydrogen-bond acceptors (Lipinski definition) is 3. The maximum Gasteiger partial charge on any atom is 0.133 e. The Morgan fingerprint density at radius 1 is 1.40 bits per heavy atom. The van der Waals surface area contributed by atoms with Crippen molar-refractivity contribution in [3.63, 3.8) is 0 Å². The number of methoxy groups -OCH3 is 1. The summed E-state index contributed by atoms with van der Waals surface area (Å²) in [6.45, 7) is 3.08. The van der Waals surface area contributed by atoms with E-state index in [9.17, 15) is 0 Å². The van der Waals surface area contributed by atoms with Gasteiger partial charge in [0.2, 0.25) is 0 Å². The molecule has 0 aromatic heterocycles. The number of ether oxygens (including phenoxy) is 2. The fourth-order valence-electron chi connectivity index (χ4n) is 1.15. The summed E-state index contributed by atoms with van der Waals surface area (Å²) in [5, 5.41) is 0. The van der Waals surface area contributed by atoms with Crippen LogP contribution in [0.2, 0.25) is 0 Å². The first-order chi connectivity index (χ1) is 7.15. The zero-order chi connectivity index (χ0) is 11.3. The zero-order valence-corrected chi connectivity index (χ0v) is 10.6. The topological polar surface area (TPSA) is 44.5 Å². The normalized spacial score (nSPS) is 12.5. The number of hydrogen-bond donors (Lipinski definition) is 1. The minimum absolute atomic E-state index is 0.0364. The van der Waals surface area contributed by atoms with Crippen LogP contribution in [0.3, 0.4) is 0 Å². The van der Waals surface area contributed by atoms with Crippen molar-refractivity contribution in [3.8, 4) is 5.75 Å². The molecule has 0 fully saturated rings. The molecule has 0 aliphatic rings. The third-order valence-electron chi connectivity index (χ3n) is 2.03. The van der Waals surface area contributed by atoms with E-state index in [-0.39, 0.29) is 6.04 Å². The van der Waals surface area contributed by atoms with Crippen LogP contribution in [0, 0.1) is 0 Å². The molecule has 0 bridgehead atoms. The lowest BCUT2D eigenvalue weighted by Crippen LogP contribution is -2.07. The monoisotopic (exact) mass is 273 g/mol. The lowest BCUT2D eigenvalue weighted by Gasteiger charge is -2.11. The second-order valence-corrected chi connectivity index (χ2v) is 4.17. The average molecular weight is 274 g/mol. The first kappa shape index (κ1) is 12.5. The Balaban J connectivity index is 2.66. The SMILES string of the molecule is COCCOc1ccc([C@@H](C)N)cc1Br. The van der Waals surface area contributed by atoms with Crippen LogP contribution in [-0.2, 0) is 4.74 Å². The lowest BCUT2D eigenvalue weighted by molar-refractivity contribution is 0.146. The predicted molar refractivity (Wildman–Crippen MR) is 64.1 cm³/mol. The Bertz CT molecular complexity index is 315. The van der Waals surface area contributed by atoms with Crippen molar-refractivity contribution in [1.29, 1.82) is 0 Å². The highest BCUT2D eigenvalue weighted by Gasteiger charge is 2.05. The molecule has 3 nitrogen and oxygen atoms in total. The molecule has 0 amide bonds. The highest BCUT2D eigenvalue weighted by atomic mass is 79.9. The van der Waals surface area contributed by atoms with Gasteiger partial charge in [0.1, 0.15) is 12.4 Å². The standard InChI is InChI=1S/C11H16BrNO2/c1-8(13)9-3-4-11(10(12)7-9)15-6-5-14-2/h3-4,7-8H,5-6,13H2,1-2H3/t8-/m1/s1. The van der Waals surface area contributed by atoms with Gasteiger partial charge >= 0.3 is 0 Å². The van der Waals surface area contributed by atoms with Crippen LogP contribution in [0.25, 0.3) is 0 Å². The molecule has 84 valence electrons. The third-order valence-corrected chi connectivity index (χ3v) is 2.65. The van der Waals surface area contributed by atoms with Crippen molar-refractivity contribution in [2.45, 2.75) is 13.0 Å². The molecule has 0 radical (unpaired) electrons. The highest BCUT2D eigenvalue weighted by Crippen LogP contribution is 2.27. The summed E-state index contributed by atoms with van der Waals surface area (Å²) in [6, 6.07) is 5.90. The molecule has 4 heteroatoms. The van der Waals surface area contributed by atoms with E-state index in [0.29, 0.717) is 13.2 Å². The molecule has 0 saturated heterocycles. The van der Waals surface area contributed by atoms with Gasteiger partial charge in [0, 0.05) is 13.2 Å². The van der Waals surface area contributed by atoms with Gasteiger partial charge < -0.3 is 15.2 Å². The van der Waals surface area contributed by atoms with Gasteiger partial charge in [-0.3, -0.25) is 0 Å². The van der Waals surface area contributed by atoms with Crippen LogP contribution >= 0.6 is 15.9 Å². The van der Waals surface area contributed by atoms with Crippen LogP contribution in [-0.4, -0.2) is 20.3 Å². The molecule has 0 unspecified atom stereocenters. The van der Waals surface area contributed by atoms with E-state index < -0.39 is 0 Å². The summed E-state index contributed by atoms with van der Waals surface area (Å²) in [7, 11) is 1.65. The summed E-state index contributed by atoms with van der Waals surface area (Å²) in [5.41, 5.74) is 6.86. The molecule has 0 heterocycles. The molecule has 0 aliphatic heterocycles. The number of rotatable bonds is 5. The number of nitrogens with two attached hydrogens (primary N) is 1. The molecule has 15 heavy (non-hydrogen) atoms. The fraction of sp³-hybridized carbons (Fsp3) is 0.455. The molecule has 1 aromatic rings. The Morgan fingerprint density at radius 3 is 2.67 bits per heavy atom. The second-order valence-electron chi connectivity index (χ2n) is 3.32. The Kier molecular flexibility index (Phi) is 5.08. The lowest BCUT2D eigenvalue weighted by atomic mass is 10.1. The Hall–Kier alpha value is -0.580. The molecule has 2 N–H and O–H groups in total. The van der Waals surface area contributed by atoms with Crippen LogP contribution in [0.15, 0.2) is 22.7 Å². The molecule has 1 rings (SSSR count). The van der Waals surface area contributed by atoms with E-state index >= 15 is 0 Å². The maximum absolute atomic E-state index is 5.77. The summed E-state index contributed by atoms with van der Waals surface area (Å²) < 4.78 is 11.3. The molecule has 0 aliphatic carbocycles. The molecular formula is C11H16BrNO2. The average Bonchev–Trinajstić information content (AvgIpc) is 2.20. The van der Waals surface area contributed by atoms with Crippen molar-refractivity contribution in [2.75, 3.05) is 20.3 Å².